The molecule has 0 bridgehead atoms. The summed E-state index contributed by atoms with van der Waals surface area (Å²) < 4.78 is 33.5. The van der Waals surface area contributed by atoms with Gasteiger partial charge in [0, 0.05) is 28.5 Å². The Morgan fingerprint density at radius 2 is 1.59 bits per heavy atom. The number of nitrogens with one attached hydrogen (secondary N) is 3. The monoisotopic (exact) mass is 459 g/mol. The highest BCUT2D eigenvalue weighted by Gasteiger charge is 2.26. The fourth-order valence-corrected chi connectivity index (χ4v) is 5.44. The number of hydrogen-bond donors (Lipinski definition) is 3. The van der Waals surface area contributed by atoms with Gasteiger partial charge in [0.2, 0.25) is 10.0 Å². The highest BCUT2D eigenvalue weighted by atomic mass is 32.2. The number of carbonyl (C=O) groups is 1. The van der Waals surface area contributed by atoms with Crippen LogP contribution in [0, 0.1) is 0 Å². The van der Waals surface area contributed by atoms with E-state index in [4.69, 9.17) is 4.74 Å². The van der Waals surface area contributed by atoms with Crippen molar-refractivity contribution in [2.24, 2.45) is 0 Å². The number of amides is 1. The van der Waals surface area contributed by atoms with Crippen molar-refractivity contribution in [3.05, 3.63) is 48.0 Å². The summed E-state index contributed by atoms with van der Waals surface area (Å²) in [6.07, 6.45) is 6.20. The molecule has 3 rings (SSSR count). The Balaban J connectivity index is 1.73. The molecule has 0 saturated heterocycles. The van der Waals surface area contributed by atoms with Gasteiger partial charge in [0.1, 0.15) is 10.6 Å². The molecule has 2 aromatic rings. The van der Waals surface area contributed by atoms with E-state index in [1.807, 2.05) is 24.3 Å². The van der Waals surface area contributed by atoms with Gasteiger partial charge in [-0.3, -0.25) is 4.79 Å². The first-order chi connectivity index (χ1) is 15.1. The molecule has 0 atom stereocenters. The maximum absolute atomic E-state index is 12.8. The predicted octanol–water partition coefficient (Wildman–Crippen LogP) is 4.77. The fraction of sp³-hybridized carbons (Fsp3) is 0.458. The third kappa shape index (κ3) is 6.46. The molecular weight excluding hydrogens is 426 g/mol. The number of hydrogen-bond acceptors (Lipinski definition) is 5. The van der Waals surface area contributed by atoms with E-state index in [9.17, 15) is 13.2 Å². The Morgan fingerprint density at radius 1 is 0.969 bits per heavy atom. The van der Waals surface area contributed by atoms with Crippen LogP contribution in [0.1, 0.15) is 63.2 Å². The van der Waals surface area contributed by atoms with E-state index < -0.39 is 21.5 Å². The van der Waals surface area contributed by atoms with Gasteiger partial charge >= 0.3 is 0 Å². The van der Waals surface area contributed by atoms with E-state index in [1.165, 1.54) is 51.3 Å². The lowest BCUT2D eigenvalue weighted by Crippen LogP contribution is -2.40. The van der Waals surface area contributed by atoms with Crippen LogP contribution >= 0.6 is 0 Å². The van der Waals surface area contributed by atoms with E-state index in [1.54, 1.807) is 26.8 Å². The van der Waals surface area contributed by atoms with Crippen LogP contribution in [0.3, 0.4) is 0 Å². The van der Waals surface area contributed by atoms with Crippen LogP contribution in [0.5, 0.6) is 5.75 Å². The summed E-state index contributed by atoms with van der Waals surface area (Å²) in [5.41, 5.74) is 1.22. The molecule has 7 nitrogen and oxygen atoms in total. The Bertz CT molecular complexity index is 1040. The van der Waals surface area contributed by atoms with Crippen molar-refractivity contribution in [2.45, 2.75) is 69.4 Å². The number of benzene rings is 2. The van der Waals surface area contributed by atoms with Gasteiger partial charge in [-0.2, -0.15) is 0 Å². The first-order valence-electron chi connectivity index (χ1n) is 11.0. The minimum atomic E-state index is -3.87. The second-order valence-corrected chi connectivity index (χ2v) is 10.9. The van der Waals surface area contributed by atoms with Crippen LogP contribution in [-0.4, -0.2) is 33.0 Å². The molecule has 32 heavy (non-hydrogen) atoms. The van der Waals surface area contributed by atoms with Crippen LogP contribution in [-0.2, 0) is 10.0 Å². The van der Waals surface area contributed by atoms with Gasteiger partial charge in [0.15, 0.2) is 0 Å². The molecule has 1 aliphatic carbocycles. The Kier molecular flexibility index (Phi) is 7.46. The zero-order chi connectivity index (χ0) is 23.4. The van der Waals surface area contributed by atoms with Crippen molar-refractivity contribution in [1.29, 1.82) is 0 Å². The summed E-state index contributed by atoms with van der Waals surface area (Å²) in [6.45, 7) is 5.25. The first kappa shape index (κ1) is 24.1. The Labute approximate surface area is 191 Å². The Morgan fingerprint density at radius 3 is 2.19 bits per heavy atom. The quantitative estimate of drug-likeness (QED) is 0.554. The van der Waals surface area contributed by atoms with Crippen molar-refractivity contribution >= 4 is 27.3 Å². The topological polar surface area (TPSA) is 96.5 Å². The van der Waals surface area contributed by atoms with Crippen molar-refractivity contribution in [2.75, 3.05) is 17.7 Å². The zero-order valence-electron chi connectivity index (χ0n) is 19.2. The lowest BCUT2D eigenvalue weighted by molar-refractivity contribution is 0.102. The molecule has 0 aliphatic heterocycles. The van der Waals surface area contributed by atoms with Gasteiger partial charge < -0.3 is 15.4 Å². The van der Waals surface area contributed by atoms with Crippen LogP contribution in [0.15, 0.2) is 47.4 Å². The summed E-state index contributed by atoms with van der Waals surface area (Å²) in [5.74, 6) is -0.218. The second-order valence-electron chi connectivity index (χ2n) is 9.23. The van der Waals surface area contributed by atoms with E-state index in [0.717, 1.165) is 5.69 Å². The minimum Gasteiger partial charge on any atom is -0.495 e. The van der Waals surface area contributed by atoms with Crippen molar-refractivity contribution in [3.8, 4) is 5.75 Å². The van der Waals surface area contributed by atoms with Crippen LogP contribution in [0.4, 0.5) is 11.4 Å². The molecule has 0 unspecified atom stereocenters. The first-order valence-corrected chi connectivity index (χ1v) is 12.5. The van der Waals surface area contributed by atoms with E-state index in [0.29, 0.717) is 11.7 Å². The summed E-state index contributed by atoms with van der Waals surface area (Å²) in [5, 5.41) is 6.38. The van der Waals surface area contributed by atoms with Crippen molar-refractivity contribution < 1.29 is 17.9 Å². The molecule has 3 N–H and O–H groups in total. The molecule has 1 amide bonds. The SMILES string of the molecule is COc1ccc(C(=O)Nc2ccc(NC3CCCCC3)cc2)cc1S(=O)(=O)NC(C)(C)C. The second kappa shape index (κ2) is 9.92. The highest BCUT2D eigenvalue weighted by Crippen LogP contribution is 2.27. The minimum absolute atomic E-state index is 0.0744. The van der Waals surface area contributed by atoms with E-state index >= 15 is 0 Å². The van der Waals surface area contributed by atoms with Crippen LogP contribution in [0.2, 0.25) is 0 Å². The zero-order valence-corrected chi connectivity index (χ0v) is 20.0. The maximum atomic E-state index is 12.8. The normalized spacial score (nSPS) is 15.2. The number of sulfonamides is 1. The molecule has 0 radical (unpaired) electrons. The largest absolute Gasteiger partial charge is 0.495 e. The van der Waals surface area contributed by atoms with E-state index in [-0.39, 0.29) is 16.2 Å². The highest BCUT2D eigenvalue weighted by molar-refractivity contribution is 7.89. The number of ether oxygens (including phenoxy) is 1. The molecule has 0 heterocycles. The molecule has 2 aromatic carbocycles. The van der Waals surface area contributed by atoms with Gasteiger partial charge in [-0.05, 0) is 76.1 Å². The van der Waals surface area contributed by atoms with Crippen LogP contribution < -0.4 is 20.1 Å². The third-order valence-corrected chi connectivity index (χ3v) is 7.05. The average molecular weight is 460 g/mol. The standard InChI is InChI=1S/C24H33N3O4S/c1-24(2,3)27-32(29,30)22-16-17(10-15-21(22)31-4)23(28)26-20-13-11-19(12-14-20)25-18-8-6-5-7-9-18/h10-16,18,25,27H,5-9H2,1-4H3,(H,26,28). The maximum Gasteiger partial charge on any atom is 0.255 e. The predicted molar refractivity (Wildman–Crippen MR) is 128 cm³/mol. The summed E-state index contributed by atoms with van der Waals surface area (Å²) >= 11 is 0. The molecule has 1 fully saturated rings. The van der Waals surface area contributed by atoms with Gasteiger partial charge in [-0.25, -0.2) is 13.1 Å². The number of methoxy groups -OCH3 is 1. The fourth-order valence-electron chi connectivity index (χ4n) is 3.82. The third-order valence-electron chi connectivity index (χ3n) is 5.27. The van der Waals surface area contributed by atoms with Crippen LogP contribution in [0.25, 0.3) is 0 Å². The van der Waals surface area contributed by atoms with Crippen molar-refractivity contribution in [3.63, 3.8) is 0 Å². The summed E-state index contributed by atoms with van der Waals surface area (Å²) in [6, 6.07) is 12.4. The lowest BCUT2D eigenvalue weighted by Gasteiger charge is -2.24. The molecule has 0 aromatic heterocycles. The molecular formula is C24H33N3O4S. The number of carbonyl (C=O) groups excluding carboxylic acids is 1. The molecule has 0 spiro atoms. The molecule has 1 aliphatic rings. The molecule has 8 heteroatoms. The van der Waals surface area contributed by atoms with Gasteiger partial charge in [-0.1, -0.05) is 19.3 Å². The Hall–Kier alpha value is -2.58. The number of anilines is 2. The lowest BCUT2D eigenvalue weighted by atomic mass is 9.95. The smallest absolute Gasteiger partial charge is 0.255 e. The molecule has 174 valence electrons. The average Bonchev–Trinajstić information content (AvgIpc) is 2.73. The van der Waals surface area contributed by atoms with Gasteiger partial charge in [0.05, 0.1) is 7.11 Å². The van der Waals surface area contributed by atoms with Crippen molar-refractivity contribution in [1.82, 2.24) is 4.72 Å². The van der Waals surface area contributed by atoms with Gasteiger partial charge in [-0.15, -0.1) is 0 Å². The number of rotatable bonds is 7. The summed E-state index contributed by atoms with van der Waals surface area (Å²) in [4.78, 5) is 12.7. The molecule has 1 saturated carbocycles. The van der Waals surface area contributed by atoms with E-state index in [2.05, 4.69) is 15.4 Å². The summed E-state index contributed by atoms with van der Waals surface area (Å²) in [7, 11) is -2.48. The van der Waals surface area contributed by atoms with Gasteiger partial charge in [0.25, 0.3) is 5.91 Å².